The second kappa shape index (κ2) is 3.62. The number of nitrogens with zero attached hydrogens (tertiary/aromatic N) is 2. The van der Waals surface area contributed by atoms with Gasteiger partial charge in [0.2, 0.25) is 0 Å². The van der Waals surface area contributed by atoms with Crippen LogP contribution in [0.1, 0.15) is 11.3 Å². The van der Waals surface area contributed by atoms with Crippen LogP contribution in [0.4, 0.5) is 4.39 Å². The van der Waals surface area contributed by atoms with Crippen LogP contribution in [0.15, 0.2) is 36.5 Å². The van der Waals surface area contributed by atoms with Crippen molar-refractivity contribution in [2.24, 2.45) is 0 Å². The summed E-state index contributed by atoms with van der Waals surface area (Å²) in [5.74, 6) is -0.203. The van der Waals surface area contributed by atoms with E-state index in [-0.39, 0.29) is 5.82 Å². The van der Waals surface area contributed by atoms with Crippen LogP contribution < -0.4 is 0 Å². The zero-order valence-electron chi connectivity index (χ0n) is 7.94. The monoisotopic (exact) mass is 190 g/mol. The summed E-state index contributed by atoms with van der Waals surface area (Å²) in [5, 5.41) is 4.16. The summed E-state index contributed by atoms with van der Waals surface area (Å²) < 4.78 is 14.5. The SMILES string of the molecule is Cc1ccnn1Cc1ccc(F)cc1. The maximum Gasteiger partial charge on any atom is 0.123 e. The fraction of sp³-hybridized carbons (Fsp3) is 0.182. The normalized spacial score (nSPS) is 10.4. The Morgan fingerprint density at radius 3 is 2.50 bits per heavy atom. The molecule has 1 heterocycles. The molecule has 0 spiro atoms. The highest BCUT2D eigenvalue weighted by molar-refractivity contribution is 5.16. The minimum absolute atomic E-state index is 0.203. The molecule has 0 fully saturated rings. The van der Waals surface area contributed by atoms with Crippen molar-refractivity contribution in [2.45, 2.75) is 13.5 Å². The van der Waals surface area contributed by atoms with Crippen LogP contribution in [0, 0.1) is 12.7 Å². The molecule has 0 saturated carbocycles. The quantitative estimate of drug-likeness (QED) is 0.711. The van der Waals surface area contributed by atoms with E-state index in [1.54, 1.807) is 18.3 Å². The van der Waals surface area contributed by atoms with Crippen molar-refractivity contribution >= 4 is 0 Å². The minimum Gasteiger partial charge on any atom is -0.265 e. The molecule has 0 amide bonds. The van der Waals surface area contributed by atoms with Gasteiger partial charge in [-0.15, -0.1) is 0 Å². The van der Waals surface area contributed by atoms with Crippen LogP contribution in [-0.2, 0) is 6.54 Å². The molecule has 0 saturated heterocycles. The first kappa shape index (κ1) is 8.94. The molecule has 0 atom stereocenters. The van der Waals surface area contributed by atoms with Crippen molar-refractivity contribution in [3.63, 3.8) is 0 Å². The highest BCUT2D eigenvalue weighted by Crippen LogP contribution is 2.06. The Kier molecular flexibility index (Phi) is 2.31. The summed E-state index contributed by atoms with van der Waals surface area (Å²) in [6.07, 6.45) is 1.76. The van der Waals surface area contributed by atoms with Gasteiger partial charge in [0.15, 0.2) is 0 Å². The standard InChI is InChI=1S/C11H11FN2/c1-9-6-7-13-14(9)8-10-2-4-11(12)5-3-10/h2-7H,8H2,1H3. The molecular weight excluding hydrogens is 179 g/mol. The first-order valence-corrected chi connectivity index (χ1v) is 4.48. The number of aromatic nitrogens is 2. The summed E-state index contributed by atoms with van der Waals surface area (Å²) in [4.78, 5) is 0. The van der Waals surface area contributed by atoms with E-state index >= 15 is 0 Å². The molecule has 0 aliphatic heterocycles. The topological polar surface area (TPSA) is 17.8 Å². The Labute approximate surface area is 82.0 Å². The van der Waals surface area contributed by atoms with E-state index in [4.69, 9.17) is 0 Å². The van der Waals surface area contributed by atoms with Gasteiger partial charge in [0, 0.05) is 11.9 Å². The van der Waals surface area contributed by atoms with Crippen molar-refractivity contribution in [1.82, 2.24) is 9.78 Å². The number of hydrogen-bond donors (Lipinski definition) is 0. The predicted molar refractivity (Wildman–Crippen MR) is 52.5 cm³/mol. The molecule has 0 unspecified atom stereocenters. The van der Waals surface area contributed by atoms with Crippen molar-refractivity contribution < 1.29 is 4.39 Å². The molecule has 0 radical (unpaired) electrons. The Bertz CT molecular complexity index is 417. The molecule has 0 bridgehead atoms. The third-order valence-electron chi connectivity index (χ3n) is 2.17. The van der Waals surface area contributed by atoms with Gasteiger partial charge in [-0.3, -0.25) is 4.68 Å². The molecule has 3 heteroatoms. The summed E-state index contributed by atoms with van der Waals surface area (Å²) in [6, 6.07) is 8.43. The molecule has 2 rings (SSSR count). The number of aryl methyl sites for hydroxylation is 1. The minimum atomic E-state index is -0.203. The second-order valence-electron chi connectivity index (χ2n) is 3.26. The Morgan fingerprint density at radius 2 is 1.93 bits per heavy atom. The van der Waals surface area contributed by atoms with E-state index in [1.165, 1.54) is 12.1 Å². The molecule has 2 nitrogen and oxygen atoms in total. The van der Waals surface area contributed by atoms with Crippen molar-refractivity contribution in [3.05, 3.63) is 53.6 Å². The Morgan fingerprint density at radius 1 is 1.21 bits per heavy atom. The molecule has 14 heavy (non-hydrogen) atoms. The number of benzene rings is 1. The van der Waals surface area contributed by atoms with Crippen LogP contribution in [0.25, 0.3) is 0 Å². The number of halogens is 1. The van der Waals surface area contributed by atoms with Crippen molar-refractivity contribution in [2.75, 3.05) is 0 Å². The smallest absolute Gasteiger partial charge is 0.123 e. The van der Waals surface area contributed by atoms with E-state index in [0.717, 1.165) is 11.3 Å². The zero-order valence-corrected chi connectivity index (χ0v) is 7.94. The van der Waals surface area contributed by atoms with Gasteiger partial charge in [-0.25, -0.2) is 4.39 Å². The van der Waals surface area contributed by atoms with Gasteiger partial charge in [0.05, 0.1) is 6.54 Å². The van der Waals surface area contributed by atoms with Crippen LogP contribution in [-0.4, -0.2) is 9.78 Å². The first-order chi connectivity index (χ1) is 6.75. The van der Waals surface area contributed by atoms with Gasteiger partial charge in [0.25, 0.3) is 0 Å². The molecule has 1 aromatic carbocycles. The van der Waals surface area contributed by atoms with Gasteiger partial charge in [-0.2, -0.15) is 5.10 Å². The van der Waals surface area contributed by atoms with Crippen LogP contribution >= 0.6 is 0 Å². The molecule has 0 N–H and O–H groups in total. The summed E-state index contributed by atoms with van der Waals surface area (Å²) in [6.45, 7) is 2.69. The number of rotatable bonds is 2. The highest BCUT2D eigenvalue weighted by atomic mass is 19.1. The molecule has 72 valence electrons. The van der Waals surface area contributed by atoms with Gasteiger partial charge in [0.1, 0.15) is 5.82 Å². The lowest BCUT2D eigenvalue weighted by Gasteiger charge is -2.03. The largest absolute Gasteiger partial charge is 0.265 e. The third-order valence-corrected chi connectivity index (χ3v) is 2.17. The maximum absolute atomic E-state index is 12.6. The molecule has 1 aromatic heterocycles. The fourth-order valence-corrected chi connectivity index (χ4v) is 1.33. The average molecular weight is 190 g/mol. The third kappa shape index (κ3) is 1.82. The van der Waals surface area contributed by atoms with Gasteiger partial charge < -0.3 is 0 Å². The summed E-state index contributed by atoms with van der Waals surface area (Å²) >= 11 is 0. The molecule has 2 aromatic rings. The second-order valence-corrected chi connectivity index (χ2v) is 3.26. The van der Waals surface area contributed by atoms with E-state index < -0.39 is 0 Å². The van der Waals surface area contributed by atoms with Gasteiger partial charge in [-0.05, 0) is 30.7 Å². The lowest BCUT2D eigenvalue weighted by Crippen LogP contribution is -2.03. The highest BCUT2D eigenvalue weighted by Gasteiger charge is 1.98. The average Bonchev–Trinajstić information content (AvgIpc) is 2.56. The van der Waals surface area contributed by atoms with Crippen molar-refractivity contribution in [3.8, 4) is 0 Å². The molecule has 0 aliphatic rings. The Balaban J connectivity index is 2.19. The van der Waals surface area contributed by atoms with Gasteiger partial charge >= 0.3 is 0 Å². The van der Waals surface area contributed by atoms with E-state index in [2.05, 4.69) is 5.10 Å². The summed E-state index contributed by atoms with van der Waals surface area (Å²) in [5.41, 5.74) is 2.16. The van der Waals surface area contributed by atoms with E-state index in [1.807, 2.05) is 17.7 Å². The first-order valence-electron chi connectivity index (χ1n) is 4.48. The lowest BCUT2D eigenvalue weighted by molar-refractivity contribution is 0.623. The van der Waals surface area contributed by atoms with Crippen LogP contribution in [0.3, 0.4) is 0 Å². The summed E-state index contributed by atoms with van der Waals surface area (Å²) in [7, 11) is 0. The number of hydrogen-bond acceptors (Lipinski definition) is 1. The zero-order chi connectivity index (χ0) is 9.97. The van der Waals surface area contributed by atoms with E-state index in [9.17, 15) is 4.39 Å². The van der Waals surface area contributed by atoms with Crippen molar-refractivity contribution in [1.29, 1.82) is 0 Å². The fourth-order valence-electron chi connectivity index (χ4n) is 1.33. The molecule has 0 aliphatic carbocycles. The maximum atomic E-state index is 12.6. The van der Waals surface area contributed by atoms with Crippen LogP contribution in [0.2, 0.25) is 0 Å². The van der Waals surface area contributed by atoms with Gasteiger partial charge in [-0.1, -0.05) is 12.1 Å². The van der Waals surface area contributed by atoms with E-state index in [0.29, 0.717) is 6.54 Å². The Hall–Kier alpha value is -1.64. The molecular formula is C11H11FN2. The van der Waals surface area contributed by atoms with Crippen LogP contribution in [0.5, 0.6) is 0 Å². The lowest BCUT2D eigenvalue weighted by atomic mass is 10.2. The predicted octanol–water partition coefficient (Wildman–Crippen LogP) is 2.38.